The third-order valence-electron chi connectivity index (χ3n) is 2.71. The number of aryl methyl sites for hydroxylation is 2. The van der Waals surface area contributed by atoms with Gasteiger partial charge in [-0.05, 0) is 25.1 Å². The average Bonchev–Trinajstić information content (AvgIpc) is 2.66. The molecule has 0 bridgehead atoms. The van der Waals surface area contributed by atoms with Crippen molar-refractivity contribution in [3.05, 3.63) is 41.6 Å². The van der Waals surface area contributed by atoms with Crippen LogP contribution in [0.1, 0.15) is 11.3 Å². The van der Waals surface area contributed by atoms with Gasteiger partial charge in [0, 0.05) is 13.1 Å². The number of halogens is 3. The van der Waals surface area contributed by atoms with Crippen molar-refractivity contribution in [2.24, 2.45) is 7.05 Å². The summed E-state index contributed by atoms with van der Waals surface area (Å²) in [4.78, 5) is -0.462. The second-order valence-electron chi connectivity index (χ2n) is 4.43. The highest BCUT2D eigenvalue weighted by atomic mass is 32.2. The molecular weight excluding hydrogens is 307 g/mol. The molecule has 0 radical (unpaired) electrons. The zero-order valence-electron chi connectivity index (χ0n) is 11.1. The van der Waals surface area contributed by atoms with E-state index in [0.717, 1.165) is 18.2 Å². The minimum absolute atomic E-state index is 0.171. The minimum Gasteiger partial charge on any atom is -0.264 e. The van der Waals surface area contributed by atoms with Crippen LogP contribution in [0.25, 0.3) is 0 Å². The van der Waals surface area contributed by atoms with Gasteiger partial charge in [0.2, 0.25) is 0 Å². The van der Waals surface area contributed by atoms with E-state index in [-0.39, 0.29) is 5.82 Å². The summed E-state index contributed by atoms with van der Waals surface area (Å²) in [5, 5.41) is 3.96. The molecule has 0 aliphatic carbocycles. The molecule has 0 atom stereocenters. The summed E-state index contributed by atoms with van der Waals surface area (Å²) in [6, 6.07) is 5.02. The van der Waals surface area contributed by atoms with Gasteiger partial charge in [-0.3, -0.25) is 9.40 Å². The van der Waals surface area contributed by atoms with Gasteiger partial charge in [-0.2, -0.15) is 18.3 Å². The Labute approximate surface area is 119 Å². The number of benzene rings is 1. The Morgan fingerprint density at radius 2 is 1.90 bits per heavy atom. The topological polar surface area (TPSA) is 64.0 Å². The van der Waals surface area contributed by atoms with Crippen LogP contribution in [0.5, 0.6) is 0 Å². The minimum atomic E-state index is -4.60. The molecule has 0 saturated carbocycles. The molecular formula is C12H12F3N3O2S. The van der Waals surface area contributed by atoms with Crippen molar-refractivity contribution in [1.82, 2.24) is 9.78 Å². The van der Waals surface area contributed by atoms with Gasteiger partial charge in [0.1, 0.15) is 5.82 Å². The molecule has 0 aliphatic rings. The molecule has 2 aromatic rings. The number of anilines is 1. The molecule has 21 heavy (non-hydrogen) atoms. The van der Waals surface area contributed by atoms with Crippen LogP contribution in [0.15, 0.2) is 35.2 Å². The highest BCUT2D eigenvalue weighted by molar-refractivity contribution is 7.92. The van der Waals surface area contributed by atoms with Crippen LogP contribution >= 0.6 is 0 Å². The van der Waals surface area contributed by atoms with Crippen molar-refractivity contribution >= 4 is 15.8 Å². The highest BCUT2D eigenvalue weighted by Gasteiger charge is 2.31. The van der Waals surface area contributed by atoms with Gasteiger partial charge in [0.25, 0.3) is 10.0 Å². The fourth-order valence-corrected chi connectivity index (χ4v) is 2.87. The van der Waals surface area contributed by atoms with Crippen LogP contribution in [-0.2, 0) is 23.2 Å². The molecule has 0 saturated heterocycles. The van der Waals surface area contributed by atoms with Gasteiger partial charge in [-0.25, -0.2) is 8.42 Å². The SMILES string of the molecule is Cc1cc(NS(=O)(=O)c2cccc(C(F)(F)F)c2)n(C)n1. The highest BCUT2D eigenvalue weighted by Crippen LogP contribution is 2.30. The lowest BCUT2D eigenvalue weighted by molar-refractivity contribution is -0.137. The number of aromatic nitrogens is 2. The molecule has 1 aromatic carbocycles. The number of alkyl halides is 3. The lowest BCUT2D eigenvalue weighted by atomic mass is 10.2. The molecule has 0 aliphatic heterocycles. The van der Waals surface area contributed by atoms with Crippen LogP contribution in [0.2, 0.25) is 0 Å². The summed E-state index contributed by atoms with van der Waals surface area (Å²) in [5.41, 5.74) is -0.439. The molecule has 1 heterocycles. The van der Waals surface area contributed by atoms with Crippen molar-refractivity contribution in [2.75, 3.05) is 4.72 Å². The van der Waals surface area contributed by atoms with Crippen molar-refractivity contribution in [3.63, 3.8) is 0 Å². The lowest BCUT2D eigenvalue weighted by Gasteiger charge is -2.11. The average molecular weight is 319 g/mol. The number of nitrogens with zero attached hydrogens (tertiary/aromatic N) is 2. The van der Waals surface area contributed by atoms with Crippen LogP contribution in [0.3, 0.4) is 0 Å². The van der Waals surface area contributed by atoms with E-state index in [1.165, 1.54) is 17.8 Å². The van der Waals surface area contributed by atoms with Crippen LogP contribution in [-0.4, -0.2) is 18.2 Å². The largest absolute Gasteiger partial charge is 0.416 e. The van der Waals surface area contributed by atoms with Crippen LogP contribution in [0.4, 0.5) is 19.0 Å². The van der Waals surface area contributed by atoms with E-state index >= 15 is 0 Å². The fraction of sp³-hybridized carbons (Fsp3) is 0.250. The maximum atomic E-state index is 12.6. The normalized spacial score (nSPS) is 12.4. The number of sulfonamides is 1. The number of hydrogen-bond acceptors (Lipinski definition) is 3. The summed E-state index contributed by atoms with van der Waals surface area (Å²) >= 11 is 0. The monoisotopic (exact) mass is 319 g/mol. The van der Waals surface area contributed by atoms with E-state index in [1.807, 2.05) is 0 Å². The predicted octanol–water partition coefficient (Wildman–Crippen LogP) is 2.55. The molecule has 5 nitrogen and oxygen atoms in total. The van der Waals surface area contributed by atoms with E-state index in [2.05, 4.69) is 9.82 Å². The van der Waals surface area contributed by atoms with Gasteiger partial charge in [-0.1, -0.05) is 6.07 Å². The second kappa shape index (κ2) is 5.06. The molecule has 9 heteroatoms. The maximum Gasteiger partial charge on any atom is 0.416 e. The number of rotatable bonds is 3. The van der Waals surface area contributed by atoms with E-state index < -0.39 is 26.7 Å². The van der Waals surface area contributed by atoms with Crippen LogP contribution in [0, 0.1) is 6.92 Å². The zero-order valence-corrected chi connectivity index (χ0v) is 12.0. The number of nitrogens with one attached hydrogen (secondary N) is 1. The Balaban J connectivity index is 2.38. The quantitative estimate of drug-likeness (QED) is 0.945. The first-order chi connectivity index (χ1) is 9.59. The first kappa shape index (κ1) is 15.4. The van der Waals surface area contributed by atoms with Gasteiger partial charge in [0.05, 0.1) is 16.2 Å². The van der Waals surface area contributed by atoms with Crippen molar-refractivity contribution in [1.29, 1.82) is 0 Å². The van der Waals surface area contributed by atoms with Crippen molar-refractivity contribution in [3.8, 4) is 0 Å². The van der Waals surface area contributed by atoms with Gasteiger partial charge >= 0.3 is 6.18 Å². The molecule has 0 unspecified atom stereocenters. The standard InChI is InChI=1S/C12H12F3N3O2S/c1-8-6-11(18(2)16-8)17-21(19,20)10-5-3-4-9(7-10)12(13,14)15/h3-7,17H,1-2H3. The summed E-state index contributed by atoms with van der Waals surface area (Å²) in [5.74, 6) is 0.171. The maximum absolute atomic E-state index is 12.6. The van der Waals surface area contributed by atoms with Gasteiger partial charge in [0.15, 0.2) is 0 Å². The second-order valence-corrected chi connectivity index (χ2v) is 6.11. The molecule has 0 fully saturated rings. The van der Waals surface area contributed by atoms with E-state index in [4.69, 9.17) is 0 Å². The van der Waals surface area contributed by atoms with Gasteiger partial charge in [-0.15, -0.1) is 0 Å². The smallest absolute Gasteiger partial charge is 0.264 e. The molecule has 114 valence electrons. The Morgan fingerprint density at radius 3 is 2.43 bits per heavy atom. The molecule has 0 spiro atoms. The third-order valence-corrected chi connectivity index (χ3v) is 4.06. The van der Waals surface area contributed by atoms with Crippen molar-refractivity contribution in [2.45, 2.75) is 18.0 Å². The molecule has 0 amide bonds. The van der Waals surface area contributed by atoms with E-state index in [1.54, 1.807) is 6.92 Å². The third kappa shape index (κ3) is 3.35. The van der Waals surface area contributed by atoms with E-state index in [9.17, 15) is 21.6 Å². The molecule has 1 N–H and O–H groups in total. The van der Waals surface area contributed by atoms with E-state index in [0.29, 0.717) is 11.8 Å². The Morgan fingerprint density at radius 1 is 1.24 bits per heavy atom. The molecule has 1 aromatic heterocycles. The van der Waals surface area contributed by atoms with Crippen molar-refractivity contribution < 1.29 is 21.6 Å². The first-order valence-electron chi connectivity index (χ1n) is 5.80. The fourth-order valence-electron chi connectivity index (χ4n) is 1.74. The summed E-state index contributed by atoms with van der Waals surface area (Å²) < 4.78 is 65.6. The predicted molar refractivity (Wildman–Crippen MR) is 70.2 cm³/mol. The van der Waals surface area contributed by atoms with Crippen LogP contribution < -0.4 is 4.72 Å². The summed E-state index contributed by atoms with van der Waals surface area (Å²) in [6.07, 6.45) is -4.60. The number of hydrogen-bond donors (Lipinski definition) is 1. The molecule has 2 rings (SSSR count). The lowest BCUT2D eigenvalue weighted by Crippen LogP contribution is -2.16. The summed E-state index contributed by atoms with van der Waals surface area (Å²) in [6.45, 7) is 1.67. The zero-order chi connectivity index (χ0) is 15.8. The van der Waals surface area contributed by atoms with Gasteiger partial charge < -0.3 is 0 Å². The Kier molecular flexibility index (Phi) is 3.70. The summed E-state index contributed by atoms with van der Waals surface area (Å²) in [7, 11) is -2.59. The Hall–Kier alpha value is -2.03. The first-order valence-corrected chi connectivity index (χ1v) is 7.28. The Bertz CT molecular complexity index is 766.